The molecule has 1 amide bonds. The molecule has 3 heterocycles. The second kappa shape index (κ2) is 8.30. The summed E-state index contributed by atoms with van der Waals surface area (Å²) in [7, 11) is 0. The number of fused-ring (bicyclic) bond motifs is 1. The van der Waals surface area contributed by atoms with Gasteiger partial charge < -0.3 is 4.90 Å². The number of amides is 1. The minimum Gasteiger partial charge on any atom is -0.342 e. The number of piperidine rings is 1. The molecule has 4 heteroatoms. The summed E-state index contributed by atoms with van der Waals surface area (Å²) in [5, 5.41) is 2.26. The molecular weight excluding hydrogens is 334 g/mol. The Labute approximate surface area is 160 Å². The summed E-state index contributed by atoms with van der Waals surface area (Å²) in [6.45, 7) is 1.77. The van der Waals surface area contributed by atoms with Crippen molar-refractivity contribution in [3.8, 4) is 0 Å². The minimum atomic E-state index is 0.245. The SMILES string of the molecule is O=C(Cc1ccc2cnccc2c1)N1CCC(CCc2cccnc2)CC1. The molecule has 0 aliphatic carbocycles. The second-order valence-corrected chi connectivity index (χ2v) is 7.46. The Bertz CT molecular complexity index is 902. The van der Waals surface area contributed by atoms with Crippen molar-refractivity contribution in [2.24, 2.45) is 5.92 Å². The van der Waals surface area contributed by atoms with Gasteiger partial charge in [0.1, 0.15) is 0 Å². The molecule has 0 atom stereocenters. The standard InChI is InChI=1S/C23H25N3O/c27-23(15-20-5-6-22-17-25-11-7-21(22)14-20)26-12-8-18(9-13-26)3-4-19-2-1-10-24-16-19/h1-2,5-7,10-11,14,16-18H,3-4,8-9,12-13,15H2. The van der Waals surface area contributed by atoms with Gasteiger partial charge in [-0.15, -0.1) is 0 Å². The molecule has 0 saturated carbocycles. The summed E-state index contributed by atoms with van der Waals surface area (Å²) < 4.78 is 0. The highest BCUT2D eigenvalue weighted by molar-refractivity contribution is 5.84. The monoisotopic (exact) mass is 359 g/mol. The van der Waals surface area contributed by atoms with Crippen LogP contribution in [0.25, 0.3) is 10.8 Å². The van der Waals surface area contributed by atoms with Gasteiger partial charge in [-0.3, -0.25) is 14.8 Å². The molecule has 3 aromatic rings. The van der Waals surface area contributed by atoms with Crippen LogP contribution in [0.15, 0.2) is 61.2 Å². The molecule has 0 bridgehead atoms. The van der Waals surface area contributed by atoms with Crippen LogP contribution < -0.4 is 0 Å². The van der Waals surface area contributed by atoms with Crippen LogP contribution in [0.2, 0.25) is 0 Å². The number of benzene rings is 1. The van der Waals surface area contributed by atoms with Crippen molar-refractivity contribution in [2.45, 2.75) is 32.1 Å². The van der Waals surface area contributed by atoms with Crippen LogP contribution in [0, 0.1) is 5.92 Å². The van der Waals surface area contributed by atoms with Gasteiger partial charge in [0.15, 0.2) is 0 Å². The number of hydrogen-bond acceptors (Lipinski definition) is 3. The van der Waals surface area contributed by atoms with Gasteiger partial charge in [-0.25, -0.2) is 0 Å². The van der Waals surface area contributed by atoms with E-state index in [0.29, 0.717) is 12.3 Å². The van der Waals surface area contributed by atoms with E-state index >= 15 is 0 Å². The van der Waals surface area contributed by atoms with Crippen LogP contribution in [0.4, 0.5) is 0 Å². The third-order valence-corrected chi connectivity index (χ3v) is 5.59. The molecule has 0 N–H and O–H groups in total. The fourth-order valence-electron chi connectivity index (χ4n) is 3.92. The van der Waals surface area contributed by atoms with Crippen LogP contribution in [0.3, 0.4) is 0 Å². The van der Waals surface area contributed by atoms with Crippen LogP contribution in [0.5, 0.6) is 0 Å². The average Bonchev–Trinajstić information content (AvgIpc) is 2.73. The predicted octanol–water partition coefficient (Wildman–Crippen LogP) is 4.04. The third-order valence-electron chi connectivity index (χ3n) is 5.59. The Morgan fingerprint density at radius 3 is 2.63 bits per heavy atom. The highest BCUT2D eigenvalue weighted by Crippen LogP contribution is 2.23. The van der Waals surface area contributed by atoms with Crippen LogP contribution >= 0.6 is 0 Å². The molecule has 2 aromatic heterocycles. The molecule has 1 aromatic carbocycles. The molecule has 1 aliphatic rings. The van der Waals surface area contributed by atoms with Crippen molar-refractivity contribution in [3.63, 3.8) is 0 Å². The quantitative estimate of drug-likeness (QED) is 0.690. The molecular formula is C23H25N3O. The van der Waals surface area contributed by atoms with E-state index in [1.165, 1.54) is 12.0 Å². The van der Waals surface area contributed by atoms with Crippen molar-refractivity contribution in [1.29, 1.82) is 0 Å². The van der Waals surface area contributed by atoms with E-state index in [2.05, 4.69) is 28.2 Å². The number of hydrogen-bond donors (Lipinski definition) is 0. The first-order valence-electron chi connectivity index (χ1n) is 9.77. The molecule has 1 saturated heterocycles. The van der Waals surface area contributed by atoms with Gasteiger partial charge in [0.2, 0.25) is 5.91 Å². The van der Waals surface area contributed by atoms with Gasteiger partial charge in [-0.2, -0.15) is 0 Å². The zero-order valence-electron chi connectivity index (χ0n) is 15.6. The molecule has 27 heavy (non-hydrogen) atoms. The first-order chi connectivity index (χ1) is 13.3. The van der Waals surface area contributed by atoms with E-state index in [1.807, 2.05) is 41.7 Å². The molecule has 0 radical (unpaired) electrons. The van der Waals surface area contributed by atoms with Gasteiger partial charge >= 0.3 is 0 Å². The largest absolute Gasteiger partial charge is 0.342 e. The number of nitrogens with zero attached hydrogens (tertiary/aromatic N) is 3. The molecule has 0 spiro atoms. The molecule has 4 rings (SSSR count). The molecule has 138 valence electrons. The summed E-state index contributed by atoms with van der Waals surface area (Å²) in [4.78, 5) is 23.1. The lowest BCUT2D eigenvalue weighted by Gasteiger charge is -2.32. The lowest BCUT2D eigenvalue weighted by molar-refractivity contribution is -0.131. The first-order valence-corrected chi connectivity index (χ1v) is 9.77. The first kappa shape index (κ1) is 17.7. The van der Waals surface area contributed by atoms with Gasteiger partial charge in [-0.05, 0) is 60.2 Å². The van der Waals surface area contributed by atoms with Gasteiger partial charge in [0.25, 0.3) is 0 Å². The Balaban J connectivity index is 1.27. The zero-order chi connectivity index (χ0) is 18.5. The number of carbonyl (C=O) groups excluding carboxylic acids is 1. The van der Waals surface area contributed by atoms with Crippen molar-refractivity contribution >= 4 is 16.7 Å². The number of aryl methyl sites for hydroxylation is 1. The van der Waals surface area contributed by atoms with E-state index in [1.54, 1.807) is 6.20 Å². The lowest BCUT2D eigenvalue weighted by Crippen LogP contribution is -2.39. The van der Waals surface area contributed by atoms with Crippen LogP contribution in [0.1, 0.15) is 30.4 Å². The minimum absolute atomic E-state index is 0.245. The predicted molar refractivity (Wildman–Crippen MR) is 107 cm³/mol. The Kier molecular flexibility index (Phi) is 5.42. The number of likely N-dealkylation sites (tertiary alicyclic amines) is 1. The zero-order valence-corrected chi connectivity index (χ0v) is 15.6. The maximum Gasteiger partial charge on any atom is 0.226 e. The molecule has 0 unspecified atom stereocenters. The van der Waals surface area contributed by atoms with Gasteiger partial charge in [0, 0.05) is 43.3 Å². The van der Waals surface area contributed by atoms with Crippen LogP contribution in [-0.2, 0) is 17.6 Å². The van der Waals surface area contributed by atoms with Crippen molar-refractivity contribution in [1.82, 2.24) is 14.9 Å². The van der Waals surface area contributed by atoms with E-state index in [9.17, 15) is 4.79 Å². The summed E-state index contributed by atoms with van der Waals surface area (Å²) >= 11 is 0. The third kappa shape index (κ3) is 4.51. The van der Waals surface area contributed by atoms with Gasteiger partial charge in [0.05, 0.1) is 6.42 Å². The van der Waals surface area contributed by atoms with Gasteiger partial charge in [-0.1, -0.05) is 24.3 Å². The van der Waals surface area contributed by atoms with Crippen molar-refractivity contribution in [2.75, 3.05) is 13.1 Å². The summed E-state index contributed by atoms with van der Waals surface area (Å²) in [6, 6.07) is 12.3. The van der Waals surface area contributed by atoms with E-state index in [4.69, 9.17) is 0 Å². The Hall–Kier alpha value is -2.75. The highest BCUT2D eigenvalue weighted by atomic mass is 16.2. The number of pyridine rings is 2. The molecule has 1 aliphatic heterocycles. The fourth-order valence-corrected chi connectivity index (χ4v) is 3.92. The van der Waals surface area contributed by atoms with Crippen LogP contribution in [-0.4, -0.2) is 33.9 Å². The smallest absolute Gasteiger partial charge is 0.226 e. The maximum absolute atomic E-state index is 12.7. The van der Waals surface area contributed by atoms with Crippen molar-refractivity contribution < 1.29 is 4.79 Å². The summed E-state index contributed by atoms with van der Waals surface area (Å²) in [6.07, 6.45) is 12.4. The normalized spacial score (nSPS) is 15.2. The summed E-state index contributed by atoms with van der Waals surface area (Å²) in [5.41, 5.74) is 2.39. The highest BCUT2D eigenvalue weighted by Gasteiger charge is 2.22. The number of aromatic nitrogens is 2. The molecule has 1 fully saturated rings. The molecule has 4 nitrogen and oxygen atoms in total. The lowest BCUT2D eigenvalue weighted by atomic mass is 9.90. The van der Waals surface area contributed by atoms with Crippen molar-refractivity contribution in [3.05, 3.63) is 72.3 Å². The Morgan fingerprint density at radius 2 is 1.81 bits per heavy atom. The maximum atomic E-state index is 12.7. The number of rotatable bonds is 5. The number of carbonyl (C=O) groups is 1. The van der Waals surface area contributed by atoms with E-state index < -0.39 is 0 Å². The van der Waals surface area contributed by atoms with E-state index in [0.717, 1.165) is 48.7 Å². The Morgan fingerprint density at radius 1 is 0.963 bits per heavy atom. The second-order valence-electron chi connectivity index (χ2n) is 7.46. The topological polar surface area (TPSA) is 46.1 Å². The summed E-state index contributed by atoms with van der Waals surface area (Å²) in [5.74, 6) is 0.955. The van der Waals surface area contributed by atoms with E-state index in [-0.39, 0.29) is 5.91 Å². The fraction of sp³-hybridized carbons (Fsp3) is 0.348. The average molecular weight is 359 g/mol.